The van der Waals surface area contributed by atoms with Crippen LogP contribution in [0.2, 0.25) is 0 Å². The average Bonchev–Trinajstić information content (AvgIpc) is 2.29. The Kier molecular flexibility index (Phi) is 5.80. The zero-order valence-electron chi connectivity index (χ0n) is 12.4. The number of ether oxygens (including phenoxy) is 2. The van der Waals surface area contributed by atoms with Gasteiger partial charge in [-0.2, -0.15) is 0 Å². The zero-order valence-corrected chi connectivity index (χ0v) is 12.4. The first-order chi connectivity index (χ1) is 8.40. The van der Waals surface area contributed by atoms with Crippen molar-refractivity contribution in [3.63, 3.8) is 0 Å². The summed E-state index contributed by atoms with van der Waals surface area (Å²) >= 11 is 0. The van der Waals surface area contributed by atoms with Gasteiger partial charge in [0.05, 0.1) is 0 Å². The van der Waals surface area contributed by atoms with E-state index >= 15 is 0 Å². The predicted molar refractivity (Wildman–Crippen MR) is 72.7 cm³/mol. The van der Waals surface area contributed by atoms with E-state index in [0.29, 0.717) is 31.7 Å². The number of hydrogen-bond donors (Lipinski definition) is 0. The lowest BCUT2D eigenvalue weighted by Crippen LogP contribution is -2.46. The standard InChI is InChI=1S/C15H28O3/c1-5-18-15(9-11-17-12-10-15)13(16)7-6-8-14(2,3)4/h5-12H2,1-4H3. The molecule has 0 saturated carbocycles. The molecule has 0 spiro atoms. The largest absolute Gasteiger partial charge is 0.381 e. The number of carbonyl (C=O) groups is 1. The van der Waals surface area contributed by atoms with Crippen molar-refractivity contribution >= 4 is 5.78 Å². The highest BCUT2D eigenvalue weighted by Crippen LogP contribution is 2.29. The molecule has 0 aliphatic carbocycles. The second-order valence-electron chi connectivity index (χ2n) is 6.38. The average molecular weight is 256 g/mol. The second kappa shape index (κ2) is 6.67. The van der Waals surface area contributed by atoms with Crippen LogP contribution in [0.5, 0.6) is 0 Å². The van der Waals surface area contributed by atoms with E-state index in [1.807, 2.05) is 6.92 Å². The van der Waals surface area contributed by atoms with Gasteiger partial charge in [0.25, 0.3) is 0 Å². The number of carbonyl (C=O) groups excluding carboxylic acids is 1. The predicted octanol–water partition coefficient (Wildman–Crippen LogP) is 3.36. The Morgan fingerprint density at radius 1 is 1.28 bits per heavy atom. The molecule has 3 nitrogen and oxygen atoms in total. The second-order valence-corrected chi connectivity index (χ2v) is 6.38. The number of rotatable bonds is 6. The maximum Gasteiger partial charge on any atom is 0.164 e. The Balaban J connectivity index is 2.49. The summed E-state index contributed by atoms with van der Waals surface area (Å²) in [7, 11) is 0. The van der Waals surface area contributed by atoms with Crippen molar-refractivity contribution in [3.05, 3.63) is 0 Å². The zero-order chi connectivity index (χ0) is 13.6. The van der Waals surface area contributed by atoms with Crippen LogP contribution in [0, 0.1) is 5.41 Å². The maximum atomic E-state index is 12.4. The van der Waals surface area contributed by atoms with Gasteiger partial charge in [0, 0.05) is 39.1 Å². The highest BCUT2D eigenvalue weighted by Gasteiger charge is 2.39. The minimum absolute atomic E-state index is 0.275. The van der Waals surface area contributed by atoms with Crippen LogP contribution in [0.3, 0.4) is 0 Å². The molecule has 0 atom stereocenters. The van der Waals surface area contributed by atoms with Crippen LogP contribution in [0.25, 0.3) is 0 Å². The van der Waals surface area contributed by atoms with E-state index in [4.69, 9.17) is 9.47 Å². The topological polar surface area (TPSA) is 35.5 Å². The van der Waals surface area contributed by atoms with Crippen LogP contribution in [0.4, 0.5) is 0 Å². The van der Waals surface area contributed by atoms with Crippen molar-refractivity contribution in [2.45, 2.75) is 65.4 Å². The molecule has 1 aliphatic rings. The van der Waals surface area contributed by atoms with E-state index in [-0.39, 0.29) is 5.78 Å². The summed E-state index contributed by atoms with van der Waals surface area (Å²) in [6.45, 7) is 10.5. The first-order valence-corrected chi connectivity index (χ1v) is 7.15. The van der Waals surface area contributed by atoms with Crippen molar-refractivity contribution in [2.24, 2.45) is 5.41 Å². The lowest BCUT2D eigenvalue weighted by atomic mass is 9.84. The van der Waals surface area contributed by atoms with E-state index in [2.05, 4.69) is 20.8 Å². The minimum atomic E-state index is -0.551. The fourth-order valence-electron chi connectivity index (χ4n) is 2.49. The van der Waals surface area contributed by atoms with Crippen LogP contribution in [-0.2, 0) is 14.3 Å². The molecule has 106 valence electrons. The molecule has 0 aromatic carbocycles. The van der Waals surface area contributed by atoms with Gasteiger partial charge in [0.15, 0.2) is 5.78 Å². The normalized spacial score (nSPS) is 19.8. The lowest BCUT2D eigenvalue weighted by molar-refractivity contribution is -0.157. The molecule has 0 aromatic rings. The first-order valence-electron chi connectivity index (χ1n) is 7.15. The molecule has 1 saturated heterocycles. The van der Waals surface area contributed by atoms with Gasteiger partial charge in [-0.05, 0) is 25.2 Å². The van der Waals surface area contributed by atoms with Crippen LogP contribution in [0.1, 0.15) is 59.8 Å². The van der Waals surface area contributed by atoms with E-state index in [1.54, 1.807) is 0 Å². The summed E-state index contributed by atoms with van der Waals surface area (Å²) in [5.74, 6) is 0.275. The molecule has 0 aromatic heterocycles. The summed E-state index contributed by atoms with van der Waals surface area (Å²) in [6.07, 6.45) is 4.11. The fourth-order valence-corrected chi connectivity index (χ4v) is 2.49. The Hall–Kier alpha value is -0.410. The van der Waals surface area contributed by atoms with Gasteiger partial charge in [0.2, 0.25) is 0 Å². The van der Waals surface area contributed by atoms with Crippen molar-refractivity contribution in [1.29, 1.82) is 0 Å². The number of hydrogen-bond acceptors (Lipinski definition) is 3. The summed E-state index contributed by atoms with van der Waals surface area (Å²) in [6, 6.07) is 0. The van der Waals surface area contributed by atoms with E-state index in [1.165, 1.54) is 0 Å². The molecule has 0 amide bonds. The van der Waals surface area contributed by atoms with E-state index in [0.717, 1.165) is 25.7 Å². The number of ketones is 1. The fraction of sp³-hybridized carbons (Fsp3) is 0.933. The van der Waals surface area contributed by atoms with Crippen molar-refractivity contribution < 1.29 is 14.3 Å². The molecule has 0 unspecified atom stereocenters. The van der Waals surface area contributed by atoms with Crippen molar-refractivity contribution in [1.82, 2.24) is 0 Å². The highest BCUT2D eigenvalue weighted by molar-refractivity contribution is 5.87. The molecule has 0 radical (unpaired) electrons. The van der Waals surface area contributed by atoms with Gasteiger partial charge in [-0.1, -0.05) is 20.8 Å². The molecular weight excluding hydrogens is 228 g/mol. The Morgan fingerprint density at radius 2 is 1.89 bits per heavy atom. The molecular formula is C15H28O3. The summed E-state index contributed by atoms with van der Waals surface area (Å²) < 4.78 is 11.1. The molecule has 1 aliphatic heterocycles. The van der Waals surface area contributed by atoms with Crippen LogP contribution < -0.4 is 0 Å². The Morgan fingerprint density at radius 3 is 2.39 bits per heavy atom. The third-order valence-electron chi connectivity index (χ3n) is 3.56. The SMILES string of the molecule is CCOC1(C(=O)CCCC(C)(C)C)CCOCC1. The first kappa shape index (κ1) is 15.6. The summed E-state index contributed by atoms with van der Waals surface area (Å²) in [4.78, 5) is 12.4. The molecule has 0 N–H and O–H groups in total. The van der Waals surface area contributed by atoms with Gasteiger partial charge >= 0.3 is 0 Å². The lowest BCUT2D eigenvalue weighted by Gasteiger charge is -2.35. The van der Waals surface area contributed by atoms with Gasteiger partial charge < -0.3 is 9.47 Å². The van der Waals surface area contributed by atoms with Gasteiger partial charge in [-0.3, -0.25) is 4.79 Å². The molecule has 3 heteroatoms. The van der Waals surface area contributed by atoms with Crippen LogP contribution in [0.15, 0.2) is 0 Å². The Labute approximate surface area is 111 Å². The highest BCUT2D eigenvalue weighted by atomic mass is 16.5. The molecule has 1 rings (SSSR count). The van der Waals surface area contributed by atoms with Crippen molar-refractivity contribution in [2.75, 3.05) is 19.8 Å². The molecule has 18 heavy (non-hydrogen) atoms. The third kappa shape index (κ3) is 4.69. The summed E-state index contributed by atoms with van der Waals surface area (Å²) in [5, 5.41) is 0. The van der Waals surface area contributed by atoms with Crippen LogP contribution >= 0.6 is 0 Å². The molecule has 0 bridgehead atoms. The minimum Gasteiger partial charge on any atom is -0.381 e. The van der Waals surface area contributed by atoms with E-state index < -0.39 is 5.60 Å². The Bertz CT molecular complexity index is 254. The number of Topliss-reactive ketones (excluding diaryl/α,β-unsaturated/α-hetero) is 1. The van der Waals surface area contributed by atoms with Crippen LogP contribution in [-0.4, -0.2) is 31.2 Å². The monoisotopic (exact) mass is 256 g/mol. The van der Waals surface area contributed by atoms with Gasteiger partial charge in [0.1, 0.15) is 5.60 Å². The molecule has 1 fully saturated rings. The van der Waals surface area contributed by atoms with E-state index in [9.17, 15) is 4.79 Å². The smallest absolute Gasteiger partial charge is 0.164 e. The summed E-state index contributed by atoms with van der Waals surface area (Å²) in [5.41, 5.74) is -0.250. The molecule has 1 heterocycles. The maximum absolute atomic E-state index is 12.4. The van der Waals surface area contributed by atoms with Crippen molar-refractivity contribution in [3.8, 4) is 0 Å². The van der Waals surface area contributed by atoms with Gasteiger partial charge in [-0.25, -0.2) is 0 Å². The van der Waals surface area contributed by atoms with Gasteiger partial charge in [-0.15, -0.1) is 0 Å². The quantitative estimate of drug-likeness (QED) is 0.731. The third-order valence-corrected chi connectivity index (χ3v) is 3.56.